The number of fused-ring (bicyclic) bond motifs is 1. The Balaban J connectivity index is 1.62. The molecule has 5 nitrogen and oxygen atoms in total. The highest BCUT2D eigenvalue weighted by atomic mass is 79.9. The predicted octanol–water partition coefficient (Wildman–Crippen LogP) is 4.73. The maximum atomic E-state index is 12.5. The predicted molar refractivity (Wildman–Crippen MR) is 124 cm³/mol. The highest BCUT2D eigenvalue weighted by Crippen LogP contribution is 2.25. The molecule has 0 aliphatic heterocycles. The Kier molecular flexibility index (Phi) is 7.28. The van der Waals surface area contributed by atoms with E-state index in [2.05, 4.69) is 38.9 Å². The van der Waals surface area contributed by atoms with Crippen molar-refractivity contribution < 1.29 is 4.79 Å². The zero-order valence-electron chi connectivity index (χ0n) is 14.9. The number of thiophene rings is 1. The molecule has 3 aromatic rings. The van der Waals surface area contributed by atoms with Gasteiger partial charge in [-0.3, -0.25) is 14.2 Å². The van der Waals surface area contributed by atoms with Gasteiger partial charge in [0.2, 0.25) is 0 Å². The van der Waals surface area contributed by atoms with E-state index < -0.39 is 0 Å². The van der Waals surface area contributed by atoms with Crippen LogP contribution in [0.25, 0.3) is 10.9 Å². The number of benzene rings is 1. The molecule has 1 amide bonds. The Hall–Kier alpha value is -1.68. The normalized spacial score (nSPS) is 10.9. The van der Waals surface area contributed by atoms with Gasteiger partial charge in [-0.15, -0.1) is 17.9 Å². The highest BCUT2D eigenvalue weighted by Gasteiger charge is 2.10. The third-order valence-electron chi connectivity index (χ3n) is 3.96. The van der Waals surface area contributed by atoms with Crippen LogP contribution in [0.3, 0.4) is 0 Å². The number of aromatic amines is 1. The van der Waals surface area contributed by atoms with Crippen LogP contribution in [-0.2, 0) is 12.3 Å². The molecule has 0 saturated heterocycles. The second-order valence-corrected chi connectivity index (χ2v) is 9.95. The summed E-state index contributed by atoms with van der Waals surface area (Å²) < 4.78 is 2.88. The van der Waals surface area contributed by atoms with E-state index in [9.17, 15) is 9.59 Å². The lowest BCUT2D eigenvalue weighted by atomic mass is 10.1. The van der Waals surface area contributed by atoms with E-state index in [4.69, 9.17) is 12.2 Å². The number of halogens is 1. The summed E-state index contributed by atoms with van der Waals surface area (Å²) in [6.07, 6.45) is 1.62. The number of hydrogen-bond acceptors (Lipinski definition) is 5. The molecular weight excluding hydrogens is 478 g/mol. The van der Waals surface area contributed by atoms with Crippen molar-refractivity contribution in [3.8, 4) is 0 Å². The fourth-order valence-electron chi connectivity index (χ4n) is 2.63. The summed E-state index contributed by atoms with van der Waals surface area (Å²) >= 11 is 12.2. The Labute approximate surface area is 184 Å². The zero-order valence-corrected chi connectivity index (χ0v) is 18.9. The molecule has 2 aromatic heterocycles. The summed E-state index contributed by atoms with van der Waals surface area (Å²) in [4.78, 5) is 29.2. The van der Waals surface area contributed by atoms with Gasteiger partial charge in [0.1, 0.15) is 0 Å². The van der Waals surface area contributed by atoms with E-state index in [0.29, 0.717) is 34.3 Å². The van der Waals surface area contributed by atoms with Crippen molar-refractivity contribution in [3.05, 3.63) is 72.3 Å². The molecule has 0 aliphatic carbocycles. The summed E-state index contributed by atoms with van der Waals surface area (Å²) in [5.41, 5.74) is 0.856. The summed E-state index contributed by atoms with van der Waals surface area (Å²) in [5.74, 6) is 1.58. The van der Waals surface area contributed by atoms with Crippen LogP contribution < -0.4 is 10.9 Å². The van der Waals surface area contributed by atoms with Gasteiger partial charge in [-0.25, -0.2) is 0 Å². The summed E-state index contributed by atoms with van der Waals surface area (Å²) in [6, 6.07) is 9.11. The van der Waals surface area contributed by atoms with E-state index >= 15 is 0 Å². The third-order valence-corrected chi connectivity index (χ3v) is 7.10. The topological polar surface area (TPSA) is 66.9 Å². The second kappa shape index (κ2) is 9.69. The van der Waals surface area contributed by atoms with E-state index in [1.54, 1.807) is 47.4 Å². The highest BCUT2D eigenvalue weighted by molar-refractivity contribution is 9.11. The maximum Gasteiger partial charge on any atom is 0.262 e. The molecule has 0 saturated carbocycles. The third kappa shape index (κ3) is 5.02. The maximum absolute atomic E-state index is 12.5. The van der Waals surface area contributed by atoms with Crippen molar-refractivity contribution in [3.63, 3.8) is 0 Å². The molecule has 0 aliphatic rings. The van der Waals surface area contributed by atoms with E-state index in [1.165, 1.54) is 9.44 Å². The number of aromatic nitrogens is 2. The number of allylic oxidation sites excluding steroid dienone is 1. The van der Waals surface area contributed by atoms with Gasteiger partial charge in [-0.2, -0.15) is 11.8 Å². The number of carbonyl (C=O) groups excluding carboxylic acids is 1. The molecule has 0 spiro atoms. The fraction of sp³-hybridized carbons (Fsp3) is 0.211. The summed E-state index contributed by atoms with van der Waals surface area (Å²) in [5, 5.41) is 3.40. The largest absolute Gasteiger partial charge is 0.351 e. The number of hydrogen-bond donors (Lipinski definition) is 2. The van der Waals surface area contributed by atoms with Crippen molar-refractivity contribution in [2.75, 3.05) is 12.3 Å². The van der Waals surface area contributed by atoms with Crippen molar-refractivity contribution in [1.29, 1.82) is 0 Å². The Morgan fingerprint density at radius 2 is 2.21 bits per heavy atom. The van der Waals surface area contributed by atoms with Crippen LogP contribution in [0.5, 0.6) is 0 Å². The Bertz CT molecular complexity index is 1130. The molecule has 2 heterocycles. The van der Waals surface area contributed by atoms with Crippen LogP contribution in [0.15, 0.2) is 51.6 Å². The van der Waals surface area contributed by atoms with Crippen LogP contribution in [-0.4, -0.2) is 27.8 Å². The van der Waals surface area contributed by atoms with E-state index in [0.717, 1.165) is 15.3 Å². The molecular formula is C19H18BrN3O2S3. The standard InChI is InChI=1S/C19H18BrN3O2S3/c1-2-8-23-18(25)14-5-3-12(10-15(14)22-19(23)26)17(24)21-7-9-27-11-13-4-6-16(20)28-13/h2-6,10H,1,7-9,11H2,(H,21,24)(H,22,26). The lowest BCUT2D eigenvalue weighted by Crippen LogP contribution is -2.26. The molecule has 3 rings (SSSR count). The van der Waals surface area contributed by atoms with Crippen LogP contribution >= 0.6 is 51.2 Å². The zero-order chi connectivity index (χ0) is 20.1. The fourth-order valence-corrected chi connectivity index (χ4v) is 5.35. The molecule has 9 heteroatoms. The van der Waals surface area contributed by atoms with Crippen LogP contribution in [0.1, 0.15) is 15.2 Å². The molecule has 146 valence electrons. The lowest BCUT2D eigenvalue weighted by molar-refractivity contribution is 0.0956. The average Bonchev–Trinajstić information content (AvgIpc) is 3.09. The van der Waals surface area contributed by atoms with E-state index in [-0.39, 0.29) is 11.5 Å². The molecule has 0 atom stereocenters. The number of nitrogens with one attached hydrogen (secondary N) is 2. The van der Waals surface area contributed by atoms with E-state index in [1.807, 2.05) is 6.07 Å². The molecule has 0 fully saturated rings. The van der Waals surface area contributed by atoms with Crippen LogP contribution in [0.4, 0.5) is 0 Å². The number of carbonyl (C=O) groups is 1. The monoisotopic (exact) mass is 495 g/mol. The van der Waals surface area contributed by atoms with Crippen molar-refractivity contribution in [2.45, 2.75) is 12.3 Å². The minimum absolute atomic E-state index is 0.170. The first-order valence-electron chi connectivity index (χ1n) is 8.47. The van der Waals surface area contributed by atoms with Gasteiger partial charge in [0, 0.05) is 35.0 Å². The summed E-state index contributed by atoms with van der Waals surface area (Å²) in [6.45, 7) is 4.55. The van der Waals surface area contributed by atoms with Crippen molar-refractivity contribution in [2.24, 2.45) is 0 Å². The molecule has 0 radical (unpaired) electrons. The molecule has 28 heavy (non-hydrogen) atoms. The molecule has 0 bridgehead atoms. The number of nitrogens with zero attached hydrogens (tertiary/aromatic N) is 1. The van der Waals surface area contributed by atoms with Gasteiger partial charge < -0.3 is 10.3 Å². The number of amides is 1. The molecule has 0 unspecified atom stereocenters. The minimum atomic E-state index is -0.192. The quantitative estimate of drug-likeness (QED) is 0.269. The Morgan fingerprint density at radius 3 is 2.93 bits per heavy atom. The number of rotatable bonds is 8. The number of thioether (sulfide) groups is 1. The van der Waals surface area contributed by atoms with Crippen LogP contribution in [0, 0.1) is 4.77 Å². The SMILES string of the molecule is C=CCn1c(=S)[nH]c2cc(C(=O)NCCSCc3ccc(Br)s3)ccc2c1=O. The van der Waals surface area contributed by atoms with Gasteiger partial charge in [0.15, 0.2) is 4.77 Å². The lowest BCUT2D eigenvalue weighted by Gasteiger charge is -2.08. The molecule has 1 aromatic carbocycles. The van der Waals surface area contributed by atoms with Gasteiger partial charge >= 0.3 is 0 Å². The first-order valence-corrected chi connectivity index (χ1v) is 11.6. The first kappa shape index (κ1) is 21.0. The Morgan fingerprint density at radius 1 is 1.39 bits per heavy atom. The smallest absolute Gasteiger partial charge is 0.262 e. The first-order chi connectivity index (χ1) is 13.5. The van der Waals surface area contributed by atoms with Gasteiger partial charge in [-0.1, -0.05) is 6.08 Å². The average molecular weight is 496 g/mol. The summed E-state index contributed by atoms with van der Waals surface area (Å²) in [7, 11) is 0. The second-order valence-electron chi connectivity index (χ2n) is 5.91. The molecule has 2 N–H and O–H groups in total. The minimum Gasteiger partial charge on any atom is -0.351 e. The number of H-pyrrole nitrogens is 1. The van der Waals surface area contributed by atoms with Crippen molar-refractivity contribution >= 4 is 68.1 Å². The van der Waals surface area contributed by atoms with Crippen molar-refractivity contribution in [1.82, 2.24) is 14.9 Å². The van der Waals surface area contributed by atoms with Gasteiger partial charge in [-0.05, 0) is 58.5 Å². The van der Waals surface area contributed by atoms with Gasteiger partial charge in [0.25, 0.3) is 11.5 Å². The van der Waals surface area contributed by atoms with Crippen LogP contribution in [0.2, 0.25) is 0 Å². The van der Waals surface area contributed by atoms with Gasteiger partial charge in [0.05, 0.1) is 14.7 Å².